The van der Waals surface area contributed by atoms with E-state index in [1.54, 1.807) is 12.1 Å². The number of thiophene rings is 1. The summed E-state index contributed by atoms with van der Waals surface area (Å²) in [6, 6.07) is 8.62. The fourth-order valence-corrected chi connectivity index (χ4v) is 4.46. The minimum atomic E-state index is -0.280. The van der Waals surface area contributed by atoms with E-state index >= 15 is 0 Å². The third-order valence-electron chi connectivity index (χ3n) is 4.98. The molecule has 1 aliphatic heterocycles. The number of hydrogen-bond acceptors (Lipinski definition) is 5. The summed E-state index contributed by atoms with van der Waals surface area (Å²) >= 11 is 1.35. The van der Waals surface area contributed by atoms with Crippen molar-refractivity contribution in [3.63, 3.8) is 0 Å². The molecule has 1 aliphatic rings. The normalized spacial score (nSPS) is 14.9. The molecule has 0 N–H and O–H groups in total. The second-order valence-electron chi connectivity index (χ2n) is 7.42. The average Bonchev–Trinajstić information content (AvgIpc) is 3.13. The van der Waals surface area contributed by atoms with Crippen LogP contribution in [0.25, 0.3) is 10.1 Å². The summed E-state index contributed by atoms with van der Waals surface area (Å²) in [5.41, 5.74) is 0.958. The number of halogens is 1. The van der Waals surface area contributed by atoms with E-state index in [0.717, 1.165) is 35.1 Å². The predicted octanol–water partition coefficient (Wildman–Crippen LogP) is 4.22. The molecule has 3 aromatic rings. The number of carbonyl (C=O) groups excluding carboxylic acids is 1. The van der Waals surface area contributed by atoms with Crippen LogP contribution in [0, 0.1) is 12.7 Å². The van der Waals surface area contributed by atoms with Crippen LogP contribution >= 0.6 is 11.3 Å². The first-order chi connectivity index (χ1) is 13.4. The number of aryl methyl sites for hydroxylation is 1. The lowest BCUT2D eigenvalue weighted by Gasteiger charge is -2.35. The van der Waals surface area contributed by atoms with E-state index in [1.165, 1.54) is 17.4 Å². The third kappa shape index (κ3) is 3.58. The van der Waals surface area contributed by atoms with Crippen LogP contribution in [0.3, 0.4) is 0 Å². The van der Waals surface area contributed by atoms with E-state index in [0.29, 0.717) is 23.4 Å². The minimum Gasteiger partial charge on any atom is -0.353 e. The molecule has 1 fully saturated rings. The van der Waals surface area contributed by atoms with E-state index in [9.17, 15) is 9.18 Å². The Morgan fingerprint density at radius 3 is 2.57 bits per heavy atom. The molecular weight excluding hydrogens is 375 g/mol. The Balaban J connectivity index is 1.48. The maximum atomic E-state index is 13.9. The monoisotopic (exact) mass is 398 g/mol. The van der Waals surface area contributed by atoms with Crippen LogP contribution in [-0.4, -0.2) is 47.0 Å². The third-order valence-corrected chi connectivity index (χ3v) is 6.07. The van der Waals surface area contributed by atoms with Gasteiger partial charge in [-0.15, -0.1) is 11.3 Å². The van der Waals surface area contributed by atoms with Gasteiger partial charge in [-0.05, 0) is 25.1 Å². The first-order valence-electron chi connectivity index (χ1n) is 9.50. The quantitative estimate of drug-likeness (QED) is 0.663. The smallest absolute Gasteiger partial charge is 0.264 e. The molecule has 3 heterocycles. The van der Waals surface area contributed by atoms with Gasteiger partial charge in [-0.1, -0.05) is 19.9 Å². The number of rotatable bonds is 3. The SMILES string of the molecule is Cc1cc(N2CCN(C(=O)c3cc4c(F)cccc4s3)CC2)nc(C(C)C)n1. The molecule has 5 nitrogen and oxygen atoms in total. The van der Waals surface area contributed by atoms with E-state index in [1.807, 2.05) is 24.0 Å². The Kier molecular flexibility index (Phi) is 5.02. The number of anilines is 1. The van der Waals surface area contributed by atoms with E-state index < -0.39 is 0 Å². The first-order valence-corrected chi connectivity index (χ1v) is 10.3. The maximum Gasteiger partial charge on any atom is 0.264 e. The zero-order valence-electron chi connectivity index (χ0n) is 16.3. The number of hydrogen-bond donors (Lipinski definition) is 0. The summed E-state index contributed by atoms with van der Waals surface area (Å²) in [5, 5.41) is 0.521. The summed E-state index contributed by atoms with van der Waals surface area (Å²) in [5.74, 6) is 1.74. The molecule has 28 heavy (non-hydrogen) atoms. The Morgan fingerprint density at radius 2 is 1.89 bits per heavy atom. The topological polar surface area (TPSA) is 49.3 Å². The van der Waals surface area contributed by atoms with Crippen molar-refractivity contribution in [1.82, 2.24) is 14.9 Å². The van der Waals surface area contributed by atoms with Gasteiger partial charge in [0.25, 0.3) is 5.91 Å². The van der Waals surface area contributed by atoms with Crippen molar-refractivity contribution in [3.05, 3.63) is 52.5 Å². The van der Waals surface area contributed by atoms with Gasteiger partial charge in [0.05, 0.1) is 4.88 Å². The number of amides is 1. The van der Waals surface area contributed by atoms with Gasteiger partial charge in [0.1, 0.15) is 17.5 Å². The van der Waals surface area contributed by atoms with Crippen LogP contribution in [0.1, 0.15) is 41.0 Å². The Bertz CT molecular complexity index is 1020. The molecule has 1 saturated heterocycles. The molecule has 2 aromatic heterocycles. The summed E-state index contributed by atoms with van der Waals surface area (Å²) in [7, 11) is 0. The number of carbonyl (C=O) groups is 1. The van der Waals surface area contributed by atoms with Crippen LogP contribution < -0.4 is 4.90 Å². The second-order valence-corrected chi connectivity index (χ2v) is 8.51. The van der Waals surface area contributed by atoms with Gasteiger partial charge in [-0.3, -0.25) is 4.79 Å². The molecule has 0 spiro atoms. The zero-order valence-corrected chi connectivity index (χ0v) is 17.1. The molecule has 0 bridgehead atoms. The summed E-state index contributed by atoms with van der Waals surface area (Å²) < 4.78 is 14.7. The van der Waals surface area contributed by atoms with Crippen molar-refractivity contribution in [1.29, 1.82) is 0 Å². The molecule has 146 valence electrons. The van der Waals surface area contributed by atoms with Crippen molar-refractivity contribution in [3.8, 4) is 0 Å². The lowest BCUT2D eigenvalue weighted by atomic mass is 10.2. The Morgan fingerprint density at radius 1 is 1.14 bits per heavy atom. The molecular formula is C21H23FN4OS. The fraction of sp³-hybridized carbons (Fsp3) is 0.381. The van der Waals surface area contributed by atoms with Gasteiger partial charge in [0, 0.05) is 53.9 Å². The van der Waals surface area contributed by atoms with E-state index in [2.05, 4.69) is 23.7 Å². The highest BCUT2D eigenvalue weighted by Crippen LogP contribution is 2.29. The first kappa shape index (κ1) is 18.8. The summed E-state index contributed by atoms with van der Waals surface area (Å²) in [6.45, 7) is 8.84. The molecule has 1 aromatic carbocycles. The van der Waals surface area contributed by atoms with Crippen LogP contribution in [0.15, 0.2) is 30.3 Å². The molecule has 0 atom stereocenters. The van der Waals surface area contributed by atoms with Crippen molar-refractivity contribution in [2.45, 2.75) is 26.7 Å². The molecule has 7 heteroatoms. The molecule has 4 rings (SSSR count). The minimum absolute atomic E-state index is 0.0259. The summed E-state index contributed by atoms with van der Waals surface area (Å²) in [4.78, 5) is 26.7. The lowest BCUT2D eigenvalue weighted by molar-refractivity contribution is 0.0751. The average molecular weight is 399 g/mol. The molecule has 0 unspecified atom stereocenters. The van der Waals surface area contributed by atoms with Gasteiger partial charge in [0.2, 0.25) is 0 Å². The number of fused-ring (bicyclic) bond motifs is 1. The number of piperazine rings is 1. The van der Waals surface area contributed by atoms with Crippen molar-refractivity contribution < 1.29 is 9.18 Å². The van der Waals surface area contributed by atoms with Crippen LogP contribution in [0.2, 0.25) is 0 Å². The predicted molar refractivity (Wildman–Crippen MR) is 111 cm³/mol. The molecule has 1 amide bonds. The van der Waals surface area contributed by atoms with Gasteiger partial charge in [0.15, 0.2) is 0 Å². The molecule has 0 radical (unpaired) electrons. The highest BCUT2D eigenvalue weighted by Gasteiger charge is 2.25. The highest BCUT2D eigenvalue weighted by molar-refractivity contribution is 7.20. The fourth-order valence-electron chi connectivity index (χ4n) is 3.42. The van der Waals surface area contributed by atoms with Crippen LogP contribution in [0.4, 0.5) is 10.2 Å². The van der Waals surface area contributed by atoms with Crippen molar-refractivity contribution >= 4 is 33.1 Å². The Hall–Kier alpha value is -2.54. The second kappa shape index (κ2) is 7.47. The largest absolute Gasteiger partial charge is 0.353 e. The van der Waals surface area contributed by atoms with Gasteiger partial charge in [-0.2, -0.15) is 0 Å². The molecule has 0 aliphatic carbocycles. The van der Waals surface area contributed by atoms with Gasteiger partial charge in [-0.25, -0.2) is 14.4 Å². The number of nitrogens with zero attached hydrogens (tertiary/aromatic N) is 4. The molecule has 0 saturated carbocycles. The van der Waals surface area contributed by atoms with Crippen LogP contribution in [-0.2, 0) is 0 Å². The highest BCUT2D eigenvalue weighted by atomic mass is 32.1. The Labute approximate surface area is 167 Å². The summed E-state index contributed by atoms with van der Waals surface area (Å²) in [6.07, 6.45) is 0. The standard InChI is InChI=1S/C21H23FN4OS/c1-13(2)20-23-14(3)11-19(24-20)25-7-9-26(10-8-25)21(27)18-12-15-16(22)5-4-6-17(15)28-18/h4-6,11-13H,7-10H2,1-3H3. The zero-order chi connectivity index (χ0) is 19.8. The van der Waals surface area contributed by atoms with E-state index in [4.69, 9.17) is 4.98 Å². The lowest BCUT2D eigenvalue weighted by Crippen LogP contribution is -2.49. The van der Waals surface area contributed by atoms with Gasteiger partial charge < -0.3 is 9.80 Å². The number of aromatic nitrogens is 2. The van der Waals surface area contributed by atoms with E-state index in [-0.39, 0.29) is 17.6 Å². The van der Waals surface area contributed by atoms with Crippen LogP contribution in [0.5, 0.6) is 0 Å². The van der Waals surface area contributed by atoms with Gasteiger partial charge >= 0.3 is 0 Å². The number of benzene rings is 1. The van der Waals surface area contributed by atoms with Crippen molar-refractivity contribution in [2.75, 3.05) is 31.1 Å². The van der Waals surface area contributed by atoms with Crippen molar-refractivity contribution in [2.24, 2.45) is 0 Å². The maximum absolute atomic E-state index is 13.9.